The van der Waals surface area contributed by atoms with E-state index in [1.54, 1.807) is 0 Å². The minimum atomic E-state index is -0.681. The Bertz CT molecular complexity index is 1110. The van der Waals surface area contributed by atoms with Crippen LogP contribution in [-0.4, -0.2) is 56.7 Å². The third-order valence-electron chi connectivity index (χ3n) is 6.49. The molecule has 1 saturated carbocycles. The SMILES string of the molecule is CN(C)C(O)c1cc2cnc(Nc3ccc(C4=CCNCC4)cn3)nc2n1C1CCCC1. The summed E-state index contributed by atoms with van der Waals surface area (Å²) in [7, 11) is 3.77. The van der Waals surface area contributed by atoms with Gasteiger partial charge < -0.3 is 20.3 Å². The minimum Gasteiger partial charge on any atom is -0.373 e. The number of anilines is 2. The molecule has 168 valence electrons. The van der Waals surface area contributed by atoms with Crippen molar-refractivity contribution in [3.8, 4) is 0 Å². The summed E-state index contributed by atoms with van der Waals surface area (Å²) >= 11 is 0. The van der Waals surface area contributed by atoms with Crippen LogP contribution in [0.5, 0.6) is 0 Å². The van der Waals surface area contributed by atoms with E-state index in [0.29, 0.717) is 12.0 Å². The molecule has 0 amide bonds. The van der Waals surface area contributed by atoms with Crippen molar-refractivity contribution in [2.24, 2.45) is 0 Å². The van der Waals surface area contributed by atoms with Crippen molar-refractivity contribution in [3.63, 3.8) is 0 Å². The number of pyridine rings is 1. The van der Waals surface area contributed by atoms with Crippen LogP contribution >= 0.6 is 0 Å². The Labute approximate surface area is 188 Å². The van der Waals surface area contributed by atoms with Gasteiger partial charge in [0.2, 0.25) is 5.95 Å². The second-order valence-electron chi connectivity index (χ2n) is 8.93. The van der Waals surface area contributed by atoms with Crippen molar-refractivity contribution >= 4 is 28.4 Å². The van der Waals surface area contributed by atoms with Gasteiger partial charge in [0.15, 0.2) is 0 Å². The number of aromatic nitrogens is 4. The minimum absolute atomic E-state index is 0.357. The molecule has 4 heterocycles. The molecule has 0 bridgehead atoms. The van der Waals surface area contributed by atoms with Crippen molar-refractivity contribution in [1.29, 1.82) is 0 Å². The van der Waals surface area contributed by atoms with E-state index < -0.39 is 6.23 Å². The summed E-state index contributed by atoms with van der Waals surface area (Å²) in [5.41, 5.74) is 4.23. The maximum atomic E-state index is 10.8. The van der Waals surface area contributed by atoms with Crippen LogP contribution in [0.3, 0.4) is 0 Å². The van der Waals surface area contributed by atoms with Gasteiger partial charge in [-0.15, -0.1) is 0 Å². The summed E-state index contributed by atoms with van der Waals surface area (Å²) in [6, 6.07) is 6.44. The molecule has 3 aromatic heterocycles. The van der Waals surface area contributed by atoms with Crippen LogP contribution in [0.1, 0.15) is 55.6 Å². The molecule has 32 heavy (non-hydrogen) atoms. The number of aliphatic hydroxyl groups excluding tert-OH is 1. The van der Waals surface area contributed by atoms with E-state index >= 15 is 0 Å². The fourth-order valence-electron chi connectivity index (χ4n) is 4.76. The van der Waals surface area contributed by atoms with E-state index in [1.807, 2.05) is 43.5 Å². The van der Waals surface area contributed by atoms with E-state index in [9.17, 15) is 5.11 Å². The van der Waals surface area contributed by atoms with E-state index in [2.05, 4.69) is 37.3 Å². The molecule has 3 N–H and O–H groups in total. The highest BCUT2D eigenvalue weighted by Gasteiger charge is 2.26. The highest BCUT2D eigenvalue weighted by Crippen LogP contribution is 2.36. The Morgan fingerprint density at radius 1 is 1.19 bits per heavy atom. The molecule has 2 aliphatic rings. The van der Waals surface area contributed by atoms with Crippen LogP contribution < -0.4 is 10.6 Å². The highest BCUT2D eigenvalue weighted by atomic mass is 16.3. The van der Waals surface area contributed by atoms with Crippen molar-refractivity contribution < 1.29 is 5.11 Å². The van der Waals surface area contributed by atoms with Crippen molar-refractivity contribution in [2.45, 2.75) is 44.4 Å². The second kappa shape index (κ2) is 8.97. The Balaban J connectivity index is 1.45. The monoisotopic (exact) mass is 433 g/mol. The van der Waals surface area contributed by atoms with Gasteiger partial charge in [-0.05, 0) is 69.2 Å². The third-order valence-corrected chi connectivity index (χ3v) is 6.49. The summed E-state index contributed by atoms with van der Waals surface area (Å²) in [4.78, 5) is 15.7. The fourth-order valence-corrected chi connectivity index (χ4v) is 4.76. The first-order chi connectivity index (χ1) is 15.6. The first kappa shape index (κ1) is 21.1. The van der Waals surface area contributed by atoms with Gasteiger partial charge in [0.25, 0.3) is 0 Å². The van der Waals surface area contributed by atoms with E-state index in [1.165, 1.54) is 18.4 Å². The zero-order chi connectivity index (χ0) is 22.1. The van der Waals surface area contributed by atoms with Crippen LogP contribution in [0.15, 0.2) is 36.7 Å². The molecule has 1 unspecified atom stereocenters. The summed E-state index contributed by atoms with van der Waals surface area (Å²) in [6.07, 6.45) is 10.9. The van der Waals surface area contributed by atoms with Gasteiger partial charge in [-0.1, -0.05) is 18.9 Å². The Hall–Kier alpha value is -2.81. The molecule has 0 radical (unpaired) electrons. The normalized spacial score (nSPS) is 18.3. The van der Waals surface area contributed by atoms with Gasteiger partial charge in [-0.3, -0.25) is 4.90 Å². The number of aliphatic hydroxyl groups is 1. The summed E-state index contributed by atoms with van der Waals surface area (Å²) in [5, 5.41) is 18.3. The smallest absolute Gasteiger partial charge is 0.230 e. The van der Waals surface area contributed by atoms with Gasteiger partial charge in [0, 0.05) is 30.4 Å². The summed E-state index contributed by atoms with van der Waals surface area (Å²) in [6.45, 7) is 1.92. The molecule has 8 nitrogen and oxygen atoms in total. The maximum Gasteiger partial charge on any atom is 0.230 e. The van der Waals surface area contributed by atoms with Crippen molar-refractivity contribution in [2.75, 3.05) is 32.5 Å². The molecule has 0 aromatic carbocycles. The Kier molecular flexibility index (Phi) is 5.91. The number of nitrogens with one attached hydrogen (secondary N) is 2. The Morgan fingerprint density at radius 3 is 2.72 bits per heavy atom. The third kappa shape index (κ3) is 4.13. The van der Waals surface area contributed by atoms with Gasteiger partial charge in [0.1, 0.15) is 17.7 Å². The standard InChI is InChI=1S/C24H31N7O/c1-30(2)23(32)20-13-18-15-27-24(29-22(18)31(20)19-5-3-4-6-19)28-21-8-7-17(14-26-21)16-9-11-25-12-10-16/h7-9,13-15,19,23,25,32H,3-6,10-12H2,1-2H3,(H,26,27,28,29). The van der Waals surface area contributed by atoms with Crippen LogP contribution in [0, 0.1) is 0 Å². The summed E-state index contributed by atoms with van der Waals surface area (Å²) in [5.74, 6) is 1.23. The van der Waals surface area contributed by atoms with Crippen molar-refractivity contribution in [3.05, 3.63) is 47.9 Å². The van der Waals surface area contributed by atoms with Crippen LogP contribution in [0.4, 0.5) is 11.8 Å². The second-order valence-corrected chi connectivity index (χ2v) is 8.93. The molecule has 1 fully saturated rings. The predicted molar refractivity (Wildman–Crippen MR) is 127 cm³/mol. The van der Waals surface area contributed by atoms with Crippen LogP contribution in [0.2, 0.25) is 0 Å². The van der Waals surface area contributed by atoms with E-state index in [0.717, 1.165) is 60.5 Å². The molecule has 1 aliphatic carbocycles. The lowest BCUT2D eigenvalue weighted by molar-refractivity contribution is 0.0319. The zero-order valence-corrected chi connectivity index (χ0v) is 18.8. The van der Waals surface area contributed by atoms with Crippen molar-refractivity contribution in [1.82, 2.24) is 29.7 Å². The molecule has 0 saturated heterocycles. The van der Waals surface area contributed by atoms with E-state index in [4.69, 9.17) is 4.98 Å². The topological polar surface area (TPSA) is 91.1 Å². The average Bonchev–Trinajstić information content (AvgIpc) is 3.47. The molecule has 1 aliphatic heterocycles. The van der Waals surface area contributed by atoms with Gasteiger partial charge in [-0.2, -0.15) is 4.98 Å². The average molecular weight is 434 g/mol. The first-order valence-corrected chi connectivity index (χ1v) is 11.5. The number of hydrogen-bond donors (Lipinski definition) is 3. The molecular weight excluding hydrogens is 402 g/mol. The van der Waals surface area contributed by atoms with E-state index in [-0.39, 0.29) is 0 Å². The molecule has 1 atom stereocenters. The molecular formula is C24H31N7O. The maximum absolute atomic E-state index is 10.8. The zero-order valence-electron chi connectivity index (χ0n) is 18.8. The fraction of sp³-hybridized carbons (Fsp3) is 0.458. The first-order valence-electron chi connectivity index (χ1n) is 11.5. The van der Waals surface area contributed by atoms with Gasteiger partial charge in [-0.25, -0.2) is 9.97 Å². The lowest BCUT2D eigenvalue weighted by Gasteiger charge is -2.24. The molecule has 5 rings (SSSR count). The molecule has 3 aromatic rings. The molecule has 8 heteroatoms. The number of rotatable bonds is 6. The number of nitrogens with zero attached hydrogens (tertiary/aromatic N) is 5. The quantitative estimate of drug-likeness (QED) is 0.512. The summed E-state index contributed by atoms with van der Waals surface area (Å²) < 4.78 is 2.22. The van der Waals surface area contributed by atoms with Crippen LogP contribution in [0.25, 0.3) is 16.6 Å². The molecule has 0 spiro atoms. The lowest BCUT2D eigenvalue weighted by atomic mass is 10.0. The lowest BCUT2D eigenvalue weighted by Crippen LogP contribution is -2.23. The van der Waals surface area contributed by atoms with Crippen LogP contribution in [-0.2, 0) is 0 Å². The number of hydrogen-bond acceptors (Lipinski definition) is 7. The van der Waals surface area contributed by atoms with Gasteiger partial charge in [0.05, 0.1) is 5.69 Å². The largest absolute Gasteiger partial charge is 0.373 e. The van der Waals surface area contributed by atoms with Gasteiger partial charge >= 0.3 is 0 Å². The highest BCUT2D eigenvalue weighted by molar-refractivity contribution is 5.78. The number of fused-ring (bicyclic) bond motifs is 1. The Morgan fingerprint density at radius 2 is 2.03 bits per heavy atom. The predicted octanol–water partition coefficient (Wildman–Crippen LogP) is 3.61.